The van der Waals surface area contributed by atoms with Gasteiger partial charge in [-0.25, -0.2) is 0 Å². The molecule has 4 nitrogen and oxygen atoms in total. The van der Waals surface area contributed by atoms with E-state index in [1.165, 1.54) is 5.56 Å². The van der Waals surface area contributed by atoms with Crippen LogP contribution in [0.1, 0.15) is 49.3 Å². The highest BCUT2D eigenvalue weighted by Gasteiger charge is 2.11. The number of hydrogen-bond acceptors (Lipinski definition) is 3. The highest BCUT2D eigenvalue weighted by atomic mass is 16.5. The molecule has 0 bridgehead atoms. The number of carbonyl (C=O) groups is 1. The molecule has 1 aromatic carbocycles. The topological polar surface area (TPSA) is 55.8 Å². The van der Waals surface area contributed by atoms with Gasteiger partial charge in [-0.2, -0.15) is 0 Å². The molecule has 20 heavy (non-hydrogen) atoms. The van der Waals surface area contributed by atoms with Crippen LogP contribution < -0.4 is 4.74 Å². The van der Waals surface area contributed by atoms with E-state index >= 15 is 0 Å². The molecule has 0 aliphatic carbocycles. The second-order valence-corrected chi connectivity index (χ2v) is 5.23. The summed E-state index contributed by atoms with van der Waals surface area (Å²) < 4.78 is 11.0. The highest BCUT2D eigenvalue weighted by molar-refractivity contribution is 5.66. The molecule has 0 aliphatic heterocycles. The minimum Gasteiger partial charge on any atom is -0.496 e. The van der Waals surface area contributed by atoms with Crippen molar-refractivity contribution in [3.05, 3.63) is 28.8 Å². The summed E-state index contributed by atoms with van der Waals surface area (Å²) >= 11 is 0. The molecule has 0 saturated heterocycles. The van der Waals surface area contributed by atoms with Gasteiger partial charge in [0.2, 0.25) is 0 Å². The maximum absolute atomic E-state index is 10.4. The van der Waals surface area contributed by atoms with Crippen LogP contribution in [0.2, 0.25) is 0 Å². The Balaban J connectivity index is 2.69. The SMILES string of the molecule is COc1c(C)cc(C(C)C)cc1COCCCC(=O)O. The Hall–Kier alpha value is -1.55. The Morgan fingerprint density at radius 2 is 2.05 bits per heavy atom. The Bertz CT molecular complexity index is 452. The van der Waals surface area contributed by atoms with Gasteiger partial charge >= 0.3 is 5.97 Å². The number of carboxylic acids is 1. The first-order valence-corrected chi connectivity index (χ1v) is 6.92. The fourth-order valence-electron chi connectivity index (χ4n) is 2.12. The van der Waals surface area contributed by atoms with E-state index in [1.807, 2.05) is 6.92 Å². The van der Waals surface area contributed by atoms with Crippen molar-refractivity contribution in [2.45, 2.75) is 46.1 Å². The number of ether oxygens (including phenoxy) is 2. The van der Waals surface area contributed by atoms with Gasteiger partial charge in [0, 0.05) is 18.6 Å². The first kappa shape index (κ1) is 16.5. The summed E-state index contributed by atoms with van der Waals surface area (Å²) in [6, 6.07) is 4.24. The lowest BCUT2D eigenvalue weighted by molar-refractivity contribution is -0.137. The van der Waals surface area contributed by atoms with Gasteiger partial charge in [-0.1, -0.05) is 19.9 Å². The summed E-state index contributed by atoms with van der Waals surface area (Å²) in [5.41, 5.74) is 3.38. The molecular weight excluding hydrogens is 256 g/mol. The summed E-state index contributed by atoms with van der Waals surface area (Å²) in [5, 5.41) is 8.57. The lowest BCUT2D eigenvalue weighted by atomic mass is 9.97. The molecule has 0 aromatic heterocycles. The van der Waals surface area contributed by atoms with Crippen molar-refractivity contribution in [2.24, 2.45) is 0 Å². The monoisotopic (exact) mass is 280 g/mol. The zero-order valence-electron chi connectivity index (χ0n) is 12.7. The average Bonchev–Trinajstić information content (AvgIpc) is 2.37. The Kier molecular flexibility index (Phi) is 6.52. The largest absolute Gasteiger partial charge is 0.496 e. The molecule has 4 heteroatoms. The standard InChI is InChI=1S/C16H24O4/c1-11(2)13-8-12(3)16(19-4)14(9-13)10-20-7-5-6-15(17)18/h8-9,11H,5-7,10H2,1-4H3,(H,17,18). The van der Waals surface area contributed by atoms with Gasteiger partial charge in [-0.3, -0.25) is 4.79 Å². The van der Waals surface area contributed by atoms with Crippen LogP contribution >= 0.6 is 0 Å². The number of hydrogen-bond donors (Lipinski definition) is 1. The molecule has 0 heterocycles. The van der Waals surface area contributed by atoms with Crippen molar-refractivity contribution in [2.75, 3.05) is 13.7 Å². The predicted octanol–water partition coefficient (Wildman–Crippen LogP) is 3.51. The van der Waals surface area contributed by atoms with Crippen molar-refractivity contribution in [3.63, 3.8) is 0 Å². The van der Waals surface area contributed by atoms with Crippen molar-refractivity contribution in [3.8, 4) is 5.75 Å². The number of rotatable bonds is 8. The minimum atomic E-state index is -0.788. The molecule has 0 fully saturated rings. The van der Waals surface area contributed by atoms with Crippen molar-refractivity contribution in [1.82, 2.24) is 0 Å². The molecule has 0 radical (unpaired) electrons. The van der Waals surface area contributed by atoms with E-state index in [0.717, 1.165) is 16.9 Å². The summed E-state index contributed by atoms with van der Waals surface area (Å²) in [4.78, 5) is 10.4. The molecule has 1 N–H and O–H groups in total. The van der Waals surface area contributed by atoms with Gasteiger partial charge in [0.1, 0.15) is 5.75 Å². The normalized spacial score (nSPS) is 10.8. The maximum Gasteiger partial charge on any atom is 0.303 e. The zero-order valence-corrected chi connectivity index (χ0v) is 12.7. The molecule has 0 amide bonds. The summed E-state index contributed by atoms with van der Waals surface area (Å²) in [6.45, 7) is 7.22. The van der Waals surface area contributed by atoms with Crippen LogP contribution in [0, 0.1) is 6.92 Å². The fourth-order valence-corrected chi connectivity index (χ4v) is 2.12. The number of carboxylic acid groups (broad SMARTS) is 1. The second kappa shape index (κ2) is 7.90. The van der Waals surface area contributed by atoms with Crippen LogP contribution in [-0.2, 0) is 16.1 Å². The zero-order chi connectivity index (χ0) is 15.1. The fraction of sp³-hybridized carbons (Fsp3) is 0.562. The lowest BCUT2D eigenvalue weighted by Gasteiger charge is -2.16. The number of benzene rings is 1. The van der Waals surface area contributed by atoms with Crippen molar-refractivity contribution in [1.29, 1.82) is 0 Å². The first-order valence-electron chi connectivity index (χ1n) is 6.92. The Labute approximate surface area is 120 Å². The van der Waals surface area contributed by atoms with Crippen LogP contribution in [0.25, 0.3) is 0 Å². The van der Waals surface area contributed by atoms with Gasteiger partial charge in [0.25, 0.3) is 0 Å². The van der Waals surface area contributed by atoms with E-state index in [2.05, 4.69) is 26.0 Å². The van der Waals surface area contributed by atoms with Crippen LogP contribution in [0.4, 0.5) is 0 Å². The molecule has 0 spiro atoms. The minimum absolute atomic E-state index is 0.141. The Morgan fingerprint density at radius 1 is 1.35 bits per heavy atom. The van der Waals surface area contributed by atoms with E-state index in [9.17, 15) is 4.79 Å². The molecule has 1 aromatic rings. The number of aryl methyl sites for hydroxylation is 1. The second-order valence-electron chi connectivity index (χ2n) is 5.23. The molecule has 0 unspecified atom stereocenters. The van der Waals surface area contributed by atoms with E-state index in [0.29, 0.717) is 25.6 Å². The van der Waals surface area contributed by atoms with Gasteiger partial charge in [-0.15, -0.1) is 0 Å². The van der Waals surface area contributed by atoms with Crippen molar-refractivity contribution < 1.29 is 19.4 Å². The molecule has 0 aliphatic rings. The molecule has 1 rings (SSSR count). The lowest BCUT2D eigenvalue weighted by Crippen LogP contribution is -2.03. The van der Waals surface area contributed by atoms with E-state index < -0.39 is 5.97 Å². The third kappa shape index (κ3) is 4.85. The van der Waals surface area contributed by atoms with Gasteiger partial charge in [0.15, 0.2) is 0 Å². The highest BCUT2D eigenvalue weighted by Crippen LogP contribution is 2.29. The van der Waals surface area contributed by atoms with Gasteiger partial charge < -0.3 is 14.6 Å². The molecule has 112 valence electrons. The van der Waals surface area contributed by atoms with E-state index in [-0.39, 0.29) is 6.42 Å². The number of aliphatic carboxylic acids is 1. The third-order valence-corrected chi connectivity index (χ3v) is 3.18. The predicted molar refractivity (Wildman–Crippen MR) is 78.3 cm³/mol. The average molecular weight is 280 g/mol. The van der Waals surface area contributed by atoms with Crippen molar-refractivity contribution >= 4 is 5.97 Å². The van der Waals surface area contributed by atoms with Gasteiger partial charge in [-0.05, 0) is 36.5 Å². The van der Waals surface area contributed by atoms with Crippen LogP contribution in [-0.4, -0.2) is 24.8 Å². The first-order chi connectivity index (χ1) is 9.45. The van der Waals surface area contributed by atoms with Crippen LogP contribution in [0.5, 0.6) is 5.75 Å². The van der Waals surface area contributed by atoms with Crippen LogP contribution in [0.15, 0.2) is 12.1 Å². The van der Waals surface area contributed by atoms with E-state index in [1.54, 1.807) is 7.11 Å². The molecular formula is C16H24O4. The summed E-state index contributed by atoms with van der Waals surface area (Å²) in [7, 11) is 1.66. The summed E-state index contributed by atoms with van der Waals surface area (Å²) in [5.74, 6) is 0.516. The summed E-state index contributed by atoms with van der Waals surface area (Å²) in [6.07, 6.45) is 0.669. The molecule has 0 saturated carbocycles. The maximum atomic E-state index is 10.4. The smallest absolute Gasteiger partial charge is 0.303 e. The third-order valence-electron chi connectivity index (χ3n) is 3.18. The van der Waals surface area contributed by atoms with E-state index in [4.69, 9.17) is 14.6 Å². The van der Waals surface area contributed by atoms with Gasteiger partial charge in [0.05, 0.1) is 13.7 Å². The van der Waals surface area contributed by atoms with Crippen LogP contribution in [0.3, 0.4) is 0 Å². The quantitative estimate of drug-likeness (QED) is 0.740. The Morgan fingerprint density at radius 3 is 2.60 bits per heavy atom. The number of methoxy groups -OCH3 is 1. The molecule has 0 atom stereocenters.